The van der Waals surface area contributed by atoms with Crippen LogP contribution in [-0.4, -0.2) is 39.0 Å². The molecular weight excluding hydrogens is 322 g/mol. The average Bonchev–Trinajstić information content (AvgIpc) is 2.52. The molecule has 0 bridgehead atoms. The van der Waals surface area contributed by atoms with Gasteiger partial charge in [-0.2, -0.15) is 0 Å². The molecule has 1 aliphatic heterocycles. The quantitative estimate of drug-likeness (QED) is 0.485. The van der Waals surface area contributed by atoms with Gasteiger partial charge in [0.05, 0.1) is 12.2 Å². The fraction of sp³-hybridized carbons (Fsp3) is 0.526. The van der Waals surface area contributed by atoms with Crippen LogP contribution in [0.1, 0.15) is 45.3 Å². The summed E-state index contributed by atoms with van der Waals surface area (Å²) in [6, 6.07) is 4.73. The predicted molar refractivity (Wildman–Crippen MR) is 92.1 cm³/mol. The van der Waals surface area contributed by atoms with Crippen LogP contribution in [0.4, 0.5) is 0 Å². The lowest BCUT2D eigenvalue weighted by Gasteiger charge is -2.52. The largest absolute Gasteiger partial charge is 0.504 e. The van der Waals surface area contributed by atoms with E-state index in [1.54, 1.807) is 12.1 Å². The van der Waals surface area contributed by atoms with E-state index in [1.165, 1.54) is 13.0 Å². The van der Waals surface area contributed by atoms with Gasteiger partial charge in [-0.05, 0) is 31.9 Å². The van der Waals surface area contributed by atoms with Crippen molar-refractivity contribution in [3.63, 3.8) is 0 Å². The number of hydrogen-bond donors (Lipinski definition) is 4. The molecule has 6 nitrogen and oxygen atoms in total. The number of nitrogens with one attached hydrogen (secondary N) is 1. The summed E-state index contributed by atoms with van der Waals surface area (Å²) < 4.78 is 6.16. The topological polar surface area (TPSA) is 99.0 Å². The molecule has 0 saturated carbocycles. The van der Waals surface area contributed by atoms with Gasteiger partial charge in [-0.25, -0.2) is 0 Å². The van der Waals surface area contributed by atoms with Crippen molar-refractivity contribution < 1.29 is 24.9 Å². The summed E-state index contributed by atoms with van der Waals surface area (Å²) >= 11 is 0. The molecule has 25 heavy (non-hydrogen) atoms. The van der Waals surface area contributed by atoms with Crippen molar-refractivity contribution >= 4 is 5.91 Å². The van der Waals surface area contributed by atoms with Gasteiger partial charge in [0.15, 0.2) is 11.5 Å². The van der Waals surface area contributed by atoms with E-state index < -0.39 is 23.9 Å². The molecule has 0 unspecified atom stereocenters. The summed E-state index contributed by atoms with van der Waals surface area (Å²) in [4.78, 5) is 11.8. The van der Waals surface area contributed by atoms with E-state index in [2.05, 4.69) is 5.32 Å². The standard InChI is InChI=1S/C19H25NO5/c1-10-7-8-13-18(16(10)23)25-15(9-19(13,3)20-11(2)21)12-5-4-6-14(22)17(12)24/h4-7,13,15-16,18,22-24H,8-9H2,1-3H3,(H,20,21)/t13-,15+,16-,18-,19-/m1/s1. The molecule has 4 N–H and O–H groups in total. The maximum atomic E-state index is 11.8. The molecule has 0 spiro atoms. The molecule has 1 saturated heterocycles. The van der Waals surface area contributed by atoms with E-state index in [0.717, 1.165) is 5.57 Å². The van der Waals surface area contributed by atoms with Crippen molar-refractivity contribution in [2.24, 2.45) is 5.92 Å². The van der Waals surface area contributed by atoms with Gasteiger partial charge in [-0.1, -0.05) is 18.2 Å². The molecule has 1 aromatic carbocycles. The summed E-state index contributed by atoms with van der Waals surface area (Å²) in [7, 11) is 0. The number of aliphatic hydroxyl groups excluding tert-OH is 1. The van der Waals surface area contributed by atoms with E-state index in [0.29, 0.717) is 18.4 Å². The van der Waals surface area contributed by atoms with Crippen LogP contribution in [0.3, 0.4) is 0 Å². The number of aliphatic hydroxyl groups is 1. The number of phenols is 2. The van der Waals surface area contributed by atoms with E-state index in [-0.39, 0.29) is 23.3 Å². The SMILES string of the molecule is CC(=O)N[C@]1(C)C[C@@H](c2cccc(O)c2O)O[C@H]2[C@H](O)C(C)=CC[C@H]21. The fourth-order valence-electron chi connectivity index (χ4n) is 4.15. The van der Waals surface area contributed by atoms with Crippen LogP contribution >= 0.6 is 0 Å². The summed E-state index contributed by atoms with van der Waals surface area (Å²) in [6.45, 7) is 5.27. The second-order valence-corrected chi connectivity index (χ2v) is 7.34. The minimum Gasteiger partial charge on any atom is -0.504 e. The number of allylic oxidation sites excluding steroid dienone is 1. The van der Waals surface area contributed by atoms with Gasteiger partial charge < -0.3 is 25.4 Å². The number of phenolic OH excluding ortho intramolecular Hbond substituents is 2. The Balaban J connectivity index is 2.02. The monoisotopic (exact) mass is 347 g/mol. The van der Waals surface area contributed by atoms with E-state index in [9.17, 15) is 20.1 Å². The van der Waals surface area contributed by atoms with Gasteiger partial charge in [0, 0.05) is 30.4 Å². The lowest BCUT2D eigenvalue weighted by molar-refractivity contribution is -0.165. The molecule has 5 atom stereocenters. The molecule has 3 rings (SSSR count). The number of rotatable bonds is 2. The lowest BCUT2D eigenvalue weighted by atomic mass is 9.68. The van der Waals surface area contributed by atoms with Gasteiger partial charge in [0.2, 0.25) is 5.91 Å². The molecule has 0 radical (unpaired) electrons. The number of amides is 1. The van der Waals surface area contributed by atoms with E-state index in [1.807, 2.05) is 19.9 Å². The molecule has 1 aliphatic carbocycles. The number of carbonyl (C=O) groups excluding carboxylic acids is 1. The number of fused-ring (bicyclic) bond motifs is 1. The Hall–Kier alpha value is -2.05. The molecule has 1 aromatic rings. The molecule has 1 amide bonds. The Morgan fingerprint density at radius 1 is 1.36 bits per heavy atom. The minimum atomic E-state index is -0.769. The normalized spacial score (nSPS) is 34.8. The van der Waals surface area contributed by atoms with Crippen molar-refractivity contribution in [3.8, 4) is 11.5 Å². The smallest absolute Gasteiger partial charge is 0.217 e. The van der Waals surface area contributed by atoms with Crippen LogP contribution in [0.15, 0.2) is 29.8 Å². The fourth-order valence-corrected chi connectivity index (χ4v) is 4.15. The first-order valence-corrected chi connectivity index (χ1v) is 8.52. The van der Waals surface area contributed by atoms with E-state index in [4.69, 9.17) is 4.74 Å². The lowest BCUT2D eigenvalue weighted by Crippen LogP contribution is -2.62. The second-order valence-electron chi connectivity index (χ2n) is 7.34. The third-order valence-corrected chi connectivity index (χ3v) is 5.47. The first-order valence-electron chi connectivity index (χ1n) is 8.52. The first kappa shape index (κ1) is 17.8. The highest BCUT2D eigenvalue weighted by atomic mass is 16.5. The van der Waals surface area contributed by atoms with Gasteiger partial charge >= 0.3 is 0 Å². The Kier molecular flexibility index (Phi) is 4.51. The summed E-state index contributed by atoms with van der Waals surface area (Å²) in [5.41, 5.74) is 0.691. The number of para-hydroxylation sites is 1. The third-order valence-electron chi connectivity index (χ3n) is 5.47. The number of aromatic hydroxyl groups is 2. The first-order chi connectivity index (χ1) is 11.7. The van der Waals surface area contributed by atoms with Crippen LogP contribution < -0.4 is 5.32 Å². The zero-order chi connectivity index (χ0) is 18.4. The summed E-state index contributed by atoms with van der Waals surface area (Å²) in [6.07, 6.45) is 1.30. The molecular formula is C19H25NO5. The van der Waals surface area contributed by atoms with E-state index >= 15 is 0 Å². The number of benzene rings is 1. The van der Waals surface area contributed by atoms with Crippen LogP contribution in [0, 0.1) is 5.92 Å². The van der Waals surface area contributed by atoms with Gasteiger partial charge in [0.1, 0.15) is 6.10 Å². The van der Waals surface area contributed by atoms with Crippen molar-refractivity contribution in [2.45, 2.75) is 57.5 Å². The van der Waals surface area contributed by atoms with Crippen molar-refractivity contribution in [1.29, 1.82) is 0 Å². The molecule has 0 aromatic heterocycles. The highest BCUT2D eigenvalue weighted by Gasteiger charge is 2.51. The number of ether oxygens (including phenoxy) is 1. The van der Waals surface area contributed by atoms with Crippen molar-refractivity contribution in [2.75, 3.05) is 0 Å². The summed E-state index contributed by atoms with van der Waals surface area (Å²) in [5, 5.41) is 33.7. The molecule has 6 heteroatoms. The molecule has 1 fully saturated rings. The highest BCUT2D eigenvalue weighted by molar-refractivity contribution is 5.74. The summed E-state index contributed by atoms with van der Waals surface area (Å²) in [5.74, 6) is -0.674. The van der Waals surface area contributed by atoms with Gasteiger partial charge in [-0.15, -0.1) is 0 Å². The second kappa shape index (κ2) is 6.35. The predicted octanol–water partition coefficient (Wildman–Crippen LogP) is 2.15. The van der Waals surface area contributed by atoms with Crippen LogP contribution in [-0.2, 0) is 9.53 Å². The third kappa shape index (κ3) is 3.12. The van der Waals surface area contributed by atoms with Crippen molar-refractivity contribution in [3.05, 3.63) is 35.4 Å². The van der Waals surface area contributed by atoms with Crippen LogP contribution in [0.2, 0.25) is 0 Å². The Labute approximate surface area is 147 Å². The Bertz CT molecular complexity index is 716. The highest BCUT2D eigenvalue weighted by Crippen LogP contribution is 2.48. The zero-order valence-corrected chi connectivity index (χ0v) is 14.7. The minimum absolute atomic E-state index is 0.0780. The van der Waals surface area contributed by atoms with Crippen LogP contribution in [0.5, 0.6) is 11.5 Å². The number of carbonyl (C=O) groups is 1. The van der Waals surface area contributed by atoms with Gasteiger partial charge in [-0.3, -0.25) is 4.79 Å². The van der Waals surface area contributed by atoms with Crippen molar-refractivity contribution in [1.82, 2.24) is 5.32 Å². The average molecular weight is 347 g/mol. The van der Waals surface area contributed by atoms with Gasteiger partial charge in [0.25, 0.3) is 0 Å². The Morgan fingerprint density at radius 2 is 2.08 bits per heavy atom. The molecule has 2 aliphatic rings. The zero-order valence-electron chi connectivity index (χ0n) is 14.7. The molecule has 136 valence electrons. The maximum absolute atomic E-state index is 11.8. The number of hydrogen-bond acceptors (Lipinski definition) is 5. The van der Waals surface area contributed by atoms with Crippen LogP contribution in [0.25, 0.3) is 0 Å². The molecule has 1 heterocycles. The maximum Gasteiger partial charge on any atom is 0.217 e. The Morgan fingerprint density at radius 3 is 2.76 bits per heavy atom.